The molecule has 0 saturated heterocycles. The van der Waals surface area contributed by atoms with Crippen molar-refractivity contribution in [2.24, 2.45) is 0 Å². The van der Waals surface area contributed by atoms with Crippen molar-refractivity contribution in [3.63, 3.8) is 0 Å². The highest BCUT2D eigenvalue weighted by Crippen LogP contribution is 2.27. The molecule has 0 heterocycles. The Labute approximate surface area is 173 Å². The molecule has 7 nitrogen and oxygen atoms in total. The molecule has 0 saturated carbocycles. The maximum Gasteiger partial charge on any atom is 0.253 e. The summed E-state index contributed by atoms with van der Waals surface area (Å²) in [4.78, 5) is 24.1. The maximum absolute atomic E-state index is 12.8. The van der Waals surface area contributed by atoms with Gasteiger partial charge in [-0.3, -0.25) is 14.3 Å². The van der Waals surface area contributed by atoms with Gasteiger partial charge in [-0.05, 0) is 42.8 Å². The van der Waals surface area contributed by atoms with Gasteiger partial charge in [-0.15, -0.1) is 0 Å². The Kier molecular flexibility index (Phi) is 6.92. The smallest absolute Gasteiger partial charge is 0.253 e. The average molecular weight is 444 g/mol. The maximum atomic E-state index is 12.8. The number of rotatable bonds is 6. The number of nitrogens with one attached hydrogen (secondary N) is 3. The molecule has 1 unspecified atom stereocenters. The van der Waals surface area contributed by atoms with Crippen LogP contribution in [0.25, 0.3) is 0 Å². The fraction of sp³-hybridized carbons (Fsp3) is 0.222. The second-order valence-electron chi connectivity index (χ2n) is 6.18. The second-order valence-corrected chi connectivity index (χ2v) is 8.75. The first-order valence-electron chi connectivity index (χ1n) is 8.11. The summed E-state index contributed by atoms with van der Waals surface area (Å²) in [6, 6.07) is 8.85. The van der Waals surface area contributed by atoms with Gasteiger partial charge >= 0.3 is 0 Å². The zero-order valence-corrected chi connectivity index (χ0v) is 17.7. The van der Waals surface area contributed by atoms with Gasteiger partial charge in [0.2, 0.25) is 15.9 Å². The lowest BCUT2D eigenvalue weighted by Gasteiger charge is -2.18. The van der Waals surface area contributed by atoms with Gasteiger partial charge in [-0.25, -0.2) is 8.42 Å². The summed E-state index contributed by atoms with van der Waals surface area (Å²) in [5, 5.41) is 6.09. The van der Waals surface area contributed by atoms with Crippen LogP contribution in [0.4, 0.5) is 11.4 Å². The van der Waals surface area contributed by atoms with Gasteiger partial charge in [0.1, 0.15) is 0 Å². The lowest BCUT2D eigenvalue weighted by atomic mass is 10.1. The highest BCUT2D eigenvalue weighted by Gasteiger charge is 2.18. The van der Waals surface area contributed by atoms with E-state index in [1.165, 1.54) is 25.1 Å². The molecule has 2 aromatic carbocycles. The van der Waals surface area contributed by atoms with Gasteiger partial charge < -0.3 is 10.6 Å². The molecule has 2 aromatic rings. The van der Waals surface area contributed by atoms with Crippen molar-refractivity contribution >= 4 is 56.4 Å². The van der Waals surface area contributed by atoms with E-state index in [0.29, 0.717) is 15.7 Å². The van der Waals surface area contributed by atoms with Crippen molar-refractivity contribution in [3.05, 3.63) is 57.6 Å². The Morgan fingerprint density at radius 2 is 1.71 bits per heavy atom. The van der Waals surface area contributed by atoms with Gasteiger partial charge in [0.25, 0.3) is 5.91 Å². The molecule has 3 N–H and O–H groups in total. The lowest BCUT2D eigenvalue weighted by Crippen LogP contribution is -2.28. The molecule has 28 heavy (non-hydrogen) atoms. The van der Waals surface area contributed by atoms with E-state index in [9.17, 15) is 18.0 Å². The van der Waals surface area contributed by atoms with E-state index in [1.807, 2.05) is 0 Å². The third kappa shape index (κ3) is 6.12. The van der Waals surface area contributed by atoms with Crippen LogP contribution in [-0.4, -0.2) is 26.5 Å². The number of carbonyl (C=O) groups is 2. The minimum Gasteiger partial charge on any atom is -0.345 e. The highest BCUT2D eigenvalue weighted by molar-refractivity contribution is 7.92. The average Bonchev–Trinajstić information content (AvgIpc) is 2.56. The number of benzene rings is 2. The van der Waals surface area contributed by atoms with Crippen LogP contribution in [0.3, 0.4) is 0 Å². The van der Waals surface area contributed by atoms with Crippen molar-refractivity contribution in [3.8, 4) is 0 Å². The molecular formula is C18H19Cl2N3O4S. The van der Waals surface area contributed by atoms with Crippen molar-refractivity contribution in [1.29, 1.82) is 0 Å². The zero-order valence-electron chi connectivity index (χ0n) is 15.3. The van der Waals surface area contributed by atoms with Crippen LogP contribution in [-0.2, 0) is 14.8 Å². The molecular weight excluding hydrogens is 425 g/mol. The molecule has 0 bridgehead atoms. The van der Waals surface area contributed by atoms with Crippen molar-refractivity contribution < 1.29 is 18.0 Å². The Morgan fingerprint density at radius 3 is 2.29 bits per heavy atom. The summed E-state index contributed by atoms with van der Waals surface area (Å²) in [5.41, 5.74) is 1.23. The van der Waals surface area contributed by atoms with E-state index < -0.39 is 22.0 Å². The molecule has 0 aliphatic heterocycles. The molecule has 2 rings (SSSR count). The Bertz CT molecular complexity index is 1030. The number of amides is 2. The highest BCUT2D eigenvalue weighted by atomic mass is 35.5. The third-order valence-corrected chi connectivity index (χ3v) is 5.00. The van der Waals surface area contributed by atoms with Crippen LogP contribution in [0.5, 0.6) is 0 Å². The summed E-state index contributed by atoms with van der Waals surface area (Å²) in [5.74, 6) is -0.851. The molecule has 0 aromatic heterocycles. The van der Waals surface area contributed by atoms with E-state index in [4.69, 9.17) is 23.2 Å². The van der Waals surface area contributed by atoms with Crippen LogP contribution >= 0.6 is 23.2 Å². The third-order valence-electron chi connectivity index (χ3n) is 3.67. The summed E-state index contributed by atoms with van der Waals surface area (Å²) in [6.45, 7) is 3.08. The van der Waals surface area contributed by atoms with E-state index in [0.717, 1.165) is 11.8 Å². The number of halogens is 2. The minimum atomic E-state index is -3.61. The Balaban J connectivity index is 2.34. The number of hydrogen-bond donors (Lipinski definition) is 3. The number of hydrogen-bond acceptors (Lipinski definition) is 4. The van der Waals surface area contributed by atoms with Crippen LogP contribution in [0.1, 0.15) is 35.8 Å². The van der Waals surface area contributed by atoms with E-state index >= 15 is 0 Å². The first kappa shape index (κ1) is 22.0. The van der Waals surface area contributed by atoms with Crippen LogP contribution in [0.2, 0.25) is 10.0 Å². The van der Waals surface area contributed by atoms with Crippen LogP contribution in [0, 0.1) is 0 Å². The molecule has 1 atom stereocenters. The first-order valence-corrected chi connectivity index (χ1v) is 10.8. The molecule has 0 aliphatic carbocycles. The fourth-order valence-corrected chi connectivity index (χ4v) is 3.33. The monoisotopic (exact) mass is 443 g/mol. The Hall–Kier alpha value is -2.29. The summed E-state index contributed by atoms with van der Waals surface area (Å²) < 4.78 is 25.5. The summed E-state index contributed by atoms with van der Waals surface area (Å²) in [7, 11) is -3.61. The zero-order chi connectivity index (χ0) is 21.1. The van der Waals surface area contributed by atoms with Gasteiger partial charge in [0.05, 0.1) is 33.6 Å². The standard InChI is InChI=1S/C18H19Cl2N3O4S/c1-10(12-4-6-15(19)16(20)8-12)21-18(25)14-9-13(22-11(2)24)5-7-17(14)23-28(3,26)27/h4-10,23H,1-3H3,(H,21,25)(H,22,24). The quantitative estimate of drug-likeness (QED) is 0.630. The fourth-order valence-electron chi connectivity index (χ4n) is 2.44. The van der Waals surface area contributed by atoms with E-state index in [-0.39, 0.29) is 17.2 Å². The SMILES string of the molecule is CC(=O)Nc1ccc(NS(C)(=O)=O)c(C(=O)NC(C)c2ccc(Cl)c(Cl)c2)c1. The number of sulfonamides is 1. The van der Waals surface area contributed by atoms with Crippen LogP contribution in [0.15, 0.2) is 36.4 Å². The minimum absolute atomic E-state index is 0.0589. The molecule has 10 heteroatoms. The largest absolute Gasteiger partial charge is 0.345 e. The predicted molar refractivity (Wildman–Crippen MR) is 112 cm³/mol. The molecule has 0 aliphatic rings. The molecule has 2 amide bonds. The first-order chi connectivity index (χ1) is 13.0. The van der Waals surface area contributed by atoms with Gasteiger partial charge in [0, 0.05) is 12.6 Å². The lowest BCUT2D eigenvalue weighted by molar-refractivity contribution is -0.114. The van der Waals surface area contributed by atoms with Gasteiger partial charge in [-0.1, -0.05) is 29.3 Å². The van der Waals surface area contributed by atoms with Crippen molar-refractivity contribution in [2.45, 2.75) is 19.9 Å². The molecule has 150 valence electrons. The Morgan fingerprint density at radius 1 is 1.04 bits per heavy atom. The topological polar surface area (TPSA) is 104 Å². The van der Waals surface area contributed by atoms with E-state index in [2.05, 4.69) is 15.4 Å². The van der Waals surface area contributed by atoms with Crippen molar-refractivity contribution in [1.82, 2.24) is 5.32 Å². The number of carbonyl (C=O) groups excluding carboxylic acids is 2. The molecule has 0 radical (unpaired) electrons. The second kappa shape index (κ2) is 8.81. The summed E-state index contributed by atoms with van der Waals surface area (Å²) in [6.07, 6.45) is 0.981. The van der Waals surface area contributed by atoms with E-state index in [1.54, 1.807) is 25.1 Å². The van der Waals surface area contributed by atoms with Crippen molar-refractivity contribution in [2.75, 3.05) is 16.3 Å². The number of anilines is 2. The van der Waals surface area contributed by atoms with Gasteiger partial charge in [0.15, 0.2) is 0 Å². The van der Waals surface area contributed by atoms with Crippen LogP contribution < -0.4 is 15.4 Å². The normalized spacial score (nSPS) is 12.2. The summed E-state index contributed by atoms with van der Waals surface area (Å²) >= 11 is 11.9. The molecule has 0 spiro atoms. The molecule has 0 fully saturated rings. The predicted octanol–water partition coefficient (Wildman–Crippen LogP) is 3.81. The van der Waals surface area contributed by atoms with Gasteiger partial charge in [-0.2, -0.15) is 0 Å².